The molecule has 0 fully saturated rings. The molecule has 0 radical (unpaired) electrons. The fourth-order valence-corrected chi connectivity index (χ4v) is 2.49. The second kappa shape index (κ2) is 5.51. The Kier molecular flexibility index (Phi) is 3.55. The summed E-state index contributed by atoms with van der Waals surface area (Å²) < 4.78 is 3.46. The zero-order chi connectivity index (χ0) is 14.8. The lowest BCUT2D eigenvalue weighted by atomic mass is 10.4. The van der Waals surface area contributed by atoms with Crippen LogP contribution in [0.25, 0.3) is 0 Å². The Balaban J connectivity index is 1.68. The molecule has 1 amide bonds. The van der Waals surface area contributed by atoms with E-state index in [1.807, 2.05) is 0 Å². The summed E-state index contributed by atoms with van der Waals surface area (Å²) in [5.74, 6) is 1.67. The first-order valence-corrected chi connectivity index (χ1v) is 6.95. The van der Waals surface area contributed by atoms with Crippen molar-refractivity contribution >= 4 is 5.91 Å². The number of likely N-dealkylation sites (N-methyl/N-ethyl adjacent to an activating group) is 1. The maximum Gasteiger partial charge on any atom is 0.250 e. The highest BCUT2D eigenvalue weighted by molar-refractivity contribution is 5.75. The van der Waals surface area contributed by atoms with Gasteiger partial charge in [0, 0.05) is 32.3 Å². The van der Waals surface area contributed by atoms with Crippen LogP contribution in [0.3, 0.4) is 0 Å². The van der Waals surface area contributed by atoms with Gasteiger partial charge in [-0.1, -0.05) is 6.07 Å². The summed E-state index contributed by atoms with van der Waals surface area (Å²) in [6.07, 6.45) is 3.64. The molecule has 1 aliphatic heterocycles. The van der Waals surface area contributed by atoms with Crippen molar-refractivity contribution in [3.8, 4) is 0 Å². The van der Waals surface area contributed by atoms with Crippen molar-refractivity contribution in [2.24, 2.45) is 0 Å². The zero-order valence-electron chi connectivity index (χ0n) is 11.9. The van der Waals surface area contributed by atoms with E-state index in [0.29, 0.717) is 6.54 Å². The lowest BCUT2D eigenvalue weighted by Gasteiger charge is -2.17. The predicted octanol–water partition coefficient (Wildman–Crippen LogP) is 0.0446. The van der Waals surface area contributed by atoms with E-state index in [-0.39, 0.29) is 18.0 Å². The number of fused-ring (bicyclic) bond motifs is 1. The Morgan fingerprint density at radius 1 is 1.38 bits per heavy atom. The van der Waals surface area contributed by atoms with Crippen LogP contribution in [0.2, 0.25) is 0 Å². The minimum absolute atomic E-state index is 0.0389. The van der Waals surface area contributed by atoms with Crippen molar-refractivity contribution in [2.45, 2.75) is 32.5 Å². The van der Waals surface area contributed by atoms with Gasteiger partial charge in [-0.15, -0.1) is 10.2 Å². The Hall–Kier alpha value is -2.44. The van der Waals surface area contributed by atoms with Crippen molar-refractivity contribution < 1.29 is 4.79 Å². The highest BCUT2D eigenvalue weighted by Gasteiger charge is 2.19. The molecule has 110 valence electrons. The number of nitrogens with zero attached hydrogens (tertiary/aromatic N) is 5. The van der Waals surface area contributed by atoms with Crippen LogP contribution in [0, 0.1) is 0 Å². The third-order valence-corrected chi connectivity index (χ3v) is 3.70. The van der Waals surface area contributed by atoms with Crippen LogP contribution in [0.1, 0.15) is 18.1 Å². The molecule has 0 atom stereocenters. The lowest BCUT2D eigenvalue weighted by molar-refractivity contribution is -0.131. The molecule has 3 heterocycles. The minimum atomic E-state index is -0.178. The minimum Gasteiger partial charge on any atom is -0.337 e. The van der Waals surface area contributed by atoms with E-state index < -0.39 is 0 Å². The van der Waals surface area contributed by atoms with Gasteiger partial charge in [0.15, 0.2) is 5.82 Å². The van der Waals surface area contributed by atoms with Gasteiger partial charge >= 0.3 is 0 Å². The van der Waals surface area contributed by atoms with E-state index in [2.05, 4.69) is 14.8 Å². The Morgan fingerprint density at radius 3 is 3.05 bits per heavy atom. The highest BCUT2D eigenvalue weighted by Crippen LogP contribution is 2.14. The molecular formula is C14H17N5O2. The monoisotopic (exact) mass is 287 g/mol. The first-order valence-electron chi connectivity index (χ1n) is 6.95. The van der Waals surface area contributed by atoms with Crippen LogP contribution in [0.4, 0.5) is 0 Å². The molecule has 0 N–H and O–H groups in total. The molecule has 7 heteroatoms. The summed E-state index contributed by atoms with van der Waals surface area (Å²) in [5, 5.41) is 8.26. The van der Waals surface area contributed by atoms with E-state index in [9.17, 15) is 9.59 Å². The molecule has 0 bridgehead atoms. The number of pyridine rings is 1. The van der Waals surface area contributed by atoms with E-state index in [1.165, 1.54) is 10.6 Å². The number of aromatic nitrogens is 4. The summed E-state index contributed by atoms with van der Waals surface area (Å²) in [4.78, 5) is 25.4. The second-order valence-electron chi connectivity index (χ2n) is 5.20. The molecule has 2 aromatic rings. The van der Waals surface area contributed by atoms with Gasteiger partial charge < -0.3 is 14.0 Å². The van der Waals surface area contributed by atoms with E-state index in [1.54, 1.807) is 30.3 Å². The smallest absolute Gasteiger partial charge is 0.250 e. The summed E-state index contributed by atoms with van der Waals surface area (Å²) in [7, 11) is 1.72. The van der Waals surface area contributed by atoms with Crippen molar-refractivity contribution in [2.75, 3.05) is 7.05 Å². The van der Waals surface area contributed by atoms with Gasteiger partial charge in [-0.3, -0.25) is 9.59 Å². The van der Waals surface area contributed by atoms with Gasteiger partial charge in [0.25, 0.3) is 5.56 Å². The molecule has 1 aliphatic rings. The van der Waals surface area contributed by atoms with Crippen LogP contribution in [-0.2, 0) is 30.8 Å². The van der Waals surface area contributed by atoms with Crippen LogP contribution in [0.5, 0.6) is 0 Å². The summed E-state index contributed by atoms with van der Waals surface area (Å²) >= 11 is 0. The number of amides is 1. The molecule has 0 saturated heterocycles. The molecule has 0 aromatic carbocycles. The van der Waals surface area contributed by atoms with E-state index in [4.69, 9.17) is 0 Å². The molecule has 0 aliphatic carbocycles. The standard InChI is InChI=1S/C14H17N5O2/c1-17(9-12-16-15-11-5-4-8-19(11)12)14(21)10-18-7-3-2-6-13(18)20/h2-3,6-7H,4-5,8-10H2,1H3. The van der Waals surface area contributed by atoms with Gasteiger partial charge in [-0.25, -0.2) is 0 Å². The van der Waals surface area contributed by atoms with Crippen LogP contribution < -0.4 is 5.56 Å². The number of rotatable bonds is 4. The summed E-state index contributed by atoms with van der Waals surface area (Å²) in [6.45, 7) is 1.36. The molecule has 3 rings (SSSR count). The first-order chi connectivity index (χ1) is 10.1. The second-order valence-corrected chi connectivity index (χ2v) is 5.20. The number of carbonyl (C=O) groups excluding carboxylic acids is 1. The fourth-order valence-electron chi connectivity index (χ4n) is 2.49. The molecule has 21 heavy (non-hydrogen) atoms. The topological polar surface area (TPSA) is 73.0 Å². The SMILES string of the molecule is CN(Cc1nnc2n1CCC2)C(=O)Cn1ccccc1=O. The molecule has 0 spiro atoms. The Morgan fingerprint density at radius 2 is 2.24 bits per heavy atom. The van der Waals surface area contributed by atoms with E-state index in [0.717, 1.165) is 31.0 Å². The predicted molar refractivity (Wildman–Crippen MR) is 75.5 cm³/mol. The number of carbonyl (C=O) groups is 1. The highest BCUT2D eigenvalue weighted by atomic mass is 16.2. The normalized spacial score (nSPS) is 13.2. The Labute approximate surface area is 121 Å². The molecule has 2 aromatic heterocycles. The maximum atomic E-state index is 12.2. The van der Waals surface area contributed by atoms with Crippen LogP contribution >= 0.6 is 0 Å². The van der Waals surface area contributed by atoms with Gasteiger partial charge in [-0.05, 0) is 12.5 Å². The first kappa shape index (κ1) is 13.5. The van der Waals surface area contributed by atoms with Gasteiger partial charge in [0.1, 0.15) is 12.4 Å². The Bertz CT molecular complexity index is 718. The fraction of sp³-hybridized carbons (Fsp3) is 0.429. The van der Waals surface area contributed by atoms with Crippen molar-refractivity contribution in [3.63, 3.8) is 0 Å². The lowest BCUT2D eigenvalue weighted by Crippen LogP contribution is -2.33. The molecule has 0 saturated carbocycles. The molecular weight excluding hydrogens is 270 g/mol. The van der Waals surface area contributed by atoms with Gasteiger partial charge in [-0.2, -0.15) is 0 Å². The molecule has 0 unspecified atom stereocenters. The maximum absolute atomic E-state index is 12.2. The van der Waals surface area contributed by atoms with Crippen molar-refractivity contribution in [1.29, 1.82) is 0 Å². The number of aryl methyl sites for hydroxylation is 1. The summed E-state index contributed by atoms with van der Waals surface area (Å²) in [5.41, 5.74) is -0.178. The average Bonchev–Trinajstić information content (AvgIpc) is 3.06. The molecule has 7 nitrogen and oxygen atoms in total. The number of hydrogen-bond acceptors (Lipinski definition) is 4. The third-order valence-electron chi connectivity index (χ3n) is 3.70. The van der Waals surface area contributed by atoms with Gasteiger partial charge in [0.2, 0.25) is 5.91 Å². The number of hydrogen-bond donors (Lipinski definition) is 0. The average molecular weight is 287 g/mol. The van der Waals surface area contributed by atoms with Crippen molar-refractivity contribution in [1.82, 2.24) is 24.2 Å². The van der Waals surface area contributed by atoms with Gasteiger partial charge in [0.05, 0.1) is 6.54 Å². The zero-order valence-corrected chi connectivity index (χ0v) is 11.9. The van der Waals surface area contributed by atoms with Crippen LogP contribution in [-0.4, -0.2) is 37.2 Å². The van der Waals surface area contributed by atoms with Crippen molar-refractivity contribution in [3.05, 3.63) is 46.4 Å². The van der Waals surface area contributed by atoms with E-state index >= 15 is 0 Å². The summed E-state index contributed by atoms with van der Waals surface area (Å²) in [6, 6.07) is 4.84. The third kappa shape index (κ3) is 2.72. The van der Waals surface area contributed by atoms with Crippen LogP contribution in [0.15, 0.2) is 29.2 Å². The quantitative estimate of drug-likeness (QED) is 0.796. The largest absolute Gasteiger partial charge is 0.337 e.